The lowest BCUT2D eigenvalue weighted by molar-refractivity contribution is -0.140. The van der Waals surface area contributed by atoms with Crippen molar-refractivity contribution in [2.45, 2.75) is 31.7 Å². The van der Waals surface area contributed by atoms with Crippen LogP contribution in [0.25, 0.3) is 11.0 Å². The van der Waals surface area contributed by atoms with E-state index in [-0.39, 0.29) is 30.2 Å². The number of nitrogens with two attached hydrogens (primary N) is 2. The Hall–Kier alpha value is -4.28. The van der Waals surface area contributed by atoms with Crippen LogP contribution in [0, 0.1) is 0 Å². The normalized spacial score (nSPS) is 11.8. The van der Waals surface area contributed by atoms with Crippen molar-refractivity contribution in [3.63, 3.8) is 0 Å². The number of pyridine rings is 1. The monoisotopic (exact) mass is 438 g/mol. The number of rotatable bonds is 9. The highest BCUT2D eigenvalue weighted by molar-refractivity contribution is 5.96. The van der Waals surface area contributed by atoms with Crippen molar-refractivity contribution in [3.8, 4) is 0 Å². The first kappa shape index (κ1) is 22.4. The third kappa shape index (κ3) is 5.45. The number of carbonyl (C=O) groups excluding carboxylic acids is 1. The lowest BCUT2D eigenvalue weighted by Crippen LogP contribution is -2.41. The first-order valence-electron chi connectivity index (χ1n) is 9.75. The number of aromatic nitrogens is 3. The Morgan fingerprint density at radius 2 is 1.72 bits per heavy atom. The first-order valence-corrected chi connectivity index (χ1v) is 9.75. The molecule has 166 valence electrons. The Bertz CT molecular complexity index is 1170. The number of amides is 1. The van der Waals surface area contributed by atoms with Gasteiger partial charge < -0.3 is 27.0 Å². The summed E-state index contributed by atoms with van der Waals surface area (Å²) in [6, 6.07) is 7.27. The molecule has 0 aliphatic carbocycles. The minimum atomic E-state index is -1.29. The molecule has 3 aromatic rings. The Morgan fingerprint density at radius 1 is 1.00 bits per heavy atom. The number of carboxylic acids is 2. The Labute approximate surface area is 182 Å². The molecule has 1 amide bonds. The summed E-state index contributed by atoms with van der Waals surface area (Å²) in [4.78, 5) is 46.5. The smallest absolute Gasteiger partial charge is 0.326 e. The van der Waals surface area contributed by atoms with Crippen molar-refractivity contribution in [2.75, 3.05) is 11.5 Å². The standard InChI is InChI=1S/C21H22N6O5/c22-17-16-12(9-10-24-18(16)27-21(23)26-17)4-1-11-2-5-13(6-3-11)19(30)25-14(20(31)32)7-8-15(28)29/h2-3,5-6,9-10,14H,1,4,7-8H2,(H,25,30)(H,28,29)(H,31,32)(H4,22,23,24,26,27)/t14-/m0/s1. The van der Waals surface area contributed by atoms with E-state index in [4.69, 9.17) is 16.6 Å². The quantitative estimate of drug-likeness (QED) is 0.322. The van der Waals surface area contributed by atoms with Crippen molar-refractivity contribution in [1.82, 2.24) is 20.3 Å². The van der Waals surface area contributed by atoms with E-state index in [1.165, 1.54) is 0 Å². The van der Waals surface area contributed by atoms with Gasteiger partial charge in [-0.3, -0.25) is 9.59 Å². The van der Waals surface area contributed by atoms with E-state index < -0.39 is 23.9 Å². The van der Waals surface area contributed by atoms with E-state index in [2.05, 4.69) is 20.3 Å². The number of carbonyl (C=O) groups is 3. The third-order valence-electron chi connectivity index (χ3n) is 4.88. The summed E-state index contributed by atoms with van der Waals surface area (Å²) in [6.45, 7) is 0. The van der Waals surface area contributed by atoms with E-state index in [1.807, 2.05) is 6.07 Å². The number of nitrogens with one attached hydrogen (secondary N) is 1. The number of aryl methyl sites for hydroxylation is 2. The number of anilines is 2. The van der Waals surface area contributed by atoms with Crippen molar-refractivity contribution in [2.24, 2.45) is 0 Å². The minimum Gasteiger partial charge on any atom is -0.481 e. The predicted molar refractivity (Wildman–Crippen MR) is 116 cm³/mol. The minimum absolute atomic E-state index is 0.0570. The van der Waals surface area contributed by atoms with E-state index in [0.717, 1.165) is 11.1 Å². The number of benzene rings is 1. The average molecular weight is 438 g/mol. The summed E-state index contributed by atoms with van der Waals surface area (Å²) in [5.74, 6) is -2.68. The lowest BCUT2D eigenvalue weighted by atomic mass is 10.0. The van der Waals surface area contributed by atoms with Gasteiger partial charge >= 0.3 is 11.9 Å². The van der Waals surface area contributed by atoms with Gasteiger partial charge in [0, 0.05) is 18.2 Å². The molecule has 11 nitrogen and oxygen atoms in total. The number of hydrogen-bond donors (Lipinski definition) is 5. The molecule has 2 aromatic heterocycles. The molecule has 0 unspecified atom stereocenters. The topological polar surface area (TPSA) is 194 Å². The zero-order valence-electron chi connectivity index (χ0n) is 17.0. The second kappa shape index (κ2) is 9.69. The molecule has 0 radical (unpaired) electrons. The van der Waals surface area contributed by atoms with Gasteiger partial charge in [-0.15, -0.1) is 0 Å². The molecule has 0 saturated heterocycles. The molecule has 0 aliphatic heterocycles. The number of nitrogen functional groups attached to an aromatic ring is 2. The lowest BCUT2D eigenvalue weighted by Gasteiger charge is -2.14. The predicted octanol–water partition coefficient (Wildman–Crippen LogP) is 1.02. The van der Waals surface area contributed by atoms with Crippen molar-refractivity contribution >= 4 is 40.6 Å². The van der Waals surface area contributed by atoms with E-state index in [0.29, 0.717) is 23.9 Å². The number of aliphatic carboxylic acids is 2. The number of fused-ring (bicyclic) bond motifs is 1. The van der Waals surface area contributed by atoms with Gasteiger partial charge in [-0.1, -0.05) is 12.1 Å². The van der Waals surface area contributed by atoms with Gasteiger partial charge in [0.05, 0.1) is 5.39 Å². The summed E-state index contributed by atoms with van der Waals surface area (Å²) in [6.07, 6.45) is 2.33. The second-order valence-electron chi connectivity index (χ2n) is 7.13. The van der Waals surface area contributed by atoms with Crippen molar-refractivity contribution in [1.29, 1.82) is 0 Å². The summed E-state index contributed by atoms with van der Waals surface area (Å²) in [5, 5.41) is 20.9. The fourth-order valence-corrected chi connectivity index (χ4v) is 3.24. The van der Waals surface area contributed by atoms with E-state index in [1.54, 1.807) is 30.5 Å². The molecular weight excluding hydrogens is 416 g/mol. The van der Waals surface area contributed by atoms with Crippen LogP contribution in [0.2, 0.25) is 0 Å². The van der Waals surface area contributed by atoms with Crippen LogP contribution in [-0.2, 0) is 22.4 Å². The van der Waals surface area contributed by atoms with Gasteiger partial charge in [0.2, 0.25) is 5.95 Å². The highest BCUT2D eigenvalue weighted by atomic mass is 16.4. The zero-order chi connectivity index (χ0) is 23.3. The van der Waals surface area contributed by atoms with Crippen LogP contribution in [0.5, 0.6) is 0 Å². The molecule has 2 heterocycles. The Morgan fingerprint density at radius 3 is 2.38 bits per heavy atom. The highest BCUT2D eigenvalue weighted by Gasteiger charge is 2.21. The van der Waals surface area contributed by atoms with Crippen LogP contribution in [0.4, 0.5) is 11.8 Å². The van der Waals surface area contributed by atoms with Gasteiger partial charge in [0.25, 0.3) is 5.91 Å². The number of hydrogen-bond acceptors (Lipinski definition) is 8. The summed E-state index contributed by atoms with van der Waals surface area (Å²) < 4.78 is 0. The van der Waals surface area contributed by atoms with E-state index in [9.17, 15) is 19.5 Å². The SMILES string of the molecule is Nc1nc(N)c2c(CCc3ccc(C(=O)N[C@@H](CCC(=O)O)C(=O)O)cc3)ccnc2n1. The fourth-order valence-electron chi connectivity index (χ4n) is 3.24. The molecule has 0 saturated carbocycles. The molecule has 0 bridgehead atoms. The van der Waals surface area contributed by atoms with Crippen LogP contribution in [0.15, 0.2) is 36.5 Å². The largest absolute Gasteiger partial charge is 0.481 e. The number of nitrogens with zero attached hydrogens (tertiary/aromatic N) is 3. The average Bonchev–Trinajstić information content (AvgIpc) is 2.74. The maximum atomic E-state index is 12.3. The van der Waals surface area contributed by atoms with Crippen LogP contribution in [-0.4, -0.2) is 49.1 Å². The van der Waals surface area contributed by atoms with Gasteiger partial charge in [-0.05, 0) is 48.6 Å². The zero-order valence-corrected chi connectivity index (χ0v) is 17.0. The Balaban J connectivity index is 1.66. The fraction of sp³-hybridized carbons (Fsp3) is 0.238. The van der Waals surface area contributed by atoms with Crippen molar-refractivity contribution < 1.29 is 24.6 Å². The molecule has 1 atom stereocenters. The third-order valence-corrected chi connectivity index (χ3v) is 4.88. The van der Waals surface area contributed by atoms with E-state index >= 15 is 0 Å². The molecule has 32 heavy (non-hydrogen) atoms. The maximum Gasteiger partial charge on any atom is 0.326 e. The summed E-state index contributed by atoms with van der Waals surface area (Å²) in [5.41, 5.74) is 14.2. The maximum absolute atomic E-state index is 12.3. The van der Waals surface area contributed by atoms with Gasteiger partial charge in [-0.25, -0.2) is 9.78 Å². The highest BCUT2D eigenvalue weighted by Crippen LogP contribution is 2.22. The van der Waals surface area contributed by atoms with Crippen LogP contribution in [0.1, 0.15) is 34.3 Å². The second-order valence-corrected chi connectivity index (χ2v) is 7.13. The molecule has 1 aromatic carbocycles. The van der Waals surface area contributed by atoms with Gasteiger partial charge in [0.1, 0.15) is 11.9 Å². The molecule has 7 N–H and O–H groups in total. The molecular formula is C21H22N6O5. The van der Waals surface area contributed by atoms with Crippen LogP contribution >= 0.6 is 0 Å². The molecule has 0 aliphatic rings. The van der Waals surface area contributed by atoms with Crippen LogP contribution in [0.3, 0.4) is 0 Å². The first-order chi connectivity index (χ1) is 15.2. The molecule has 11 heteroatoms. The summed E-state index contributed by atoms with van der Waals surface area (Å²) in [7, 11) is 0. The molecule has 0 fully saturated rings. The number of carboxylic acid groups (broad SMARTS) is 2. The van der Waals surface area contributed by atoms with Crippen LogP contribution < -0.4 is 16.8 Å². The summed E-state index contributed by atoms with van der Waals surface area (Å²) >= 11 is 0. The van der Waals surface area contributed by atoms with Gasteiger partial charge in [-0.2, -0.15) is 9.97 Å². The van der Waals surface area contributed by atoms with Gasteiger partial charge in [0.15, 0.2) is 5.65 Å². The Kier molecular flexibility index (Phi) is 6.78. The molecule has 0 spiro atoms. The molecule has 3 rings (SSSR count). The van der Waals surface area contributed by atoms with Crippen molar-refractivity contribution in [3.05, 3.63) is 53.2 Å².